The standard InChI is InChI=1S/C25H33NO3S/c27-30(28,19-13-21-8-3-1-4-9-21)26-17-7-18-29-23-11-10-22-12-16-25(24(22)20-23)14-5-2-6-15-25/h1,3-4,8-11,20,26H,2,5-7,12-19H2. The van der Waals surface area contributed by atoms with E-state index in [1.807, 2.05) is 30.3 Å². The van der Waals surface area contributed by atoms with Crippen LogP contribution in [-0.2, 0) is 28.3 Å². The molecule has 2 aliphatic carbocycles. The molecule has 0 amide bonds. The SMILES string of the molecule is O=S(=O)(CCc1ccccc1)NCCCOc1ccc2c(c1)C1(CCCCC1)CC2. The van der Waals surface area contributed by atoms with E-state index >= 15 is 0 Å². The Morgan fingerprint density at radius 3 is 2.57 bits per heavy atom. The van der Waals surface area contributed by atoms with E-state index in [4.69, 9.17) is 4.74 Å². The monoisotopic (exact) mass is 427 g/mol. The van der Waals surface area contributed by atoms with Crippen LogP contribution in [-0.4, -0.2) is 27.3 Å². The molecule has 1 N–H and O–H groups in total. The summed E-state index contributed by atoms with van der Waals surface area (Å²) >= 11 is 0. The highest BCUT2D eigenvalue weighted by Gasteiger charge is 2.39. The third-order valence-electron chi connectivity index (χ3n) is 6.75. The fourth-order valence-electron chi connectivity index (χ4n) is 5.07. The summed E-state index contributed by atoms with van der Waals surface area (Å²) in [6.45, 7) is 0.930. The van der Waals surface area contributed by atoms with E-state index in [-0.39, 0.29) is 5.75 Å². The Hall–Kier alpha value is -1.85. The van der Waals surface area contributed by atoms with Gasteiger partial charge in [-0.3, -0.25) is 0 Å². The molecule has 5 heteroatoms. The quantitative estimate of drug-likeness (QED) is 0.587. The van der Waals surface area contributed by atoms with Crippen LogP contribution >= 0.6 is 0 Å². The second kappa shape index (κ2) is 9.52. The van der Waals surface area contributed by atoms with E-state index in [0.29, 0.717) is 31.4 Å². The third kappa shape index (κ3) is 5.25. The fraction of sp³-hybridized carbons (Fsp3) is 0.520. The molecular formula is C25H33NO3S. The molecule has 0 bridgehead atoms. The van der Waals surface area contributed by atoms with Gasteiger partial charge < -0.3 is 4.74 Å². The molecule has 0 heterocycles. The van der Waals surface area contributed by atoms with Crippen molar-refractivity contribution in [2.75, 3.05) is 18.9 Å². The number of nitrogens with one attached hydrogen (secondary N) is 1. The van der Waals surface area contributed by atoms with E-state index in [1.54, 1.807) is 0 Å². The summed E-state index contributed by atoms with van der Waals surface area (Å²) < 4.78 is 33.0. The van der Waals surface area contributed by atoms with Crippen molar-refractivity contribution >= 4 is 10.0 Å². The minimum atomic E-state index is -3.26. The summed E-state index contributed by atoms with van der Waals surface area (Å²) in [5, 5.41) is 0. The van der Waals surface area contributed by atoms with Crippen LogP contribution in [0.25, 0.3) is 0 Å². The minimum Gasteiger partial charge on any atom is -0.494 e. The lowest BCUT2D eigenvalue weighted by atomic mass is 9.70. The maximum absolute atomic E-state index is 12.2. The highest BCUT2D eigenvalue weighted by molar-refractivity contribution is 7.89. The molecule has 0 unspecified atom stereocenters. The predicted molar refractivity (Wildman–Crippen MR) is 122 cm³/mol. The number of benzene rings is 2. The van der Waals surface area contributed by atoms with Gasteiger partial charge in [0.15, 0.2) is 0 Å². The van der Waals surface area contributed by atoms with Crippen molar-refractivity contribution in [3.8, 4) is 5.75 Å². The van der Waals surface area contributed by atoms with Gasteiger partial charge in [-0.1, -0.05) is 55.7 Å². The van der Waals surface area contributed by atoms with Crippen LogP contribution in [0.5, 0.6) is 5.75 Å². The Kier molecular flexibility index (Phi) is 6.79. The molecular weight excluding hydrogens is 394 g/mol. The number of fused-ring (bicyclic) bond motifs is 2. The Morgan fingerprint density at radius 2 is 1.77 bits per heavy atom. The van der Waals surface area contributed by atoms with Gasteiger partial charge in [0.2, 0.25) is 10.0 Å². The number of sulfonamides is 1. The molecule has 2 aromatic rings. The highest BCUT2D eigenvalue weighted by Crippen LogP contribution is 2.49. The van der Waals surface area contributed by atoms with Gasteiger partial charge in [-0.2, -0.15) is 0 Å². The van der Waals surface area contributed by atoms with Gasteiger partial charge in [-0.15, -0.1) is 0 Å². The number of rotatable bonds is 9. The molecule has 2 aliphatic rings. The van der Waals surface area contributed by atoms with Gasteiger partial charge in [0.05, 0.1) is 12.4 Å². The molecule has 1 fully saturated rings. The normalized spacial score (nSPS) is 17.7. The van der Waals surface area contributed by atoms with Crippen LogP contribution in [0.4, 0.5) is 0 Å². The van der Waals surface area contributed by atoms with Crippen LogP contribution in [0, 0.1) is 0 Å². The molecule has 0 saturated heterocycles. The van der Waals surface area contributed by atoms with Crippen LogP contribution in [0.3, 0.4) is 0 Å². The first kappa shape index (κ1) is 21.4. The average molecular weight is 428 g/mol. The molecule has 1 saturated carbocycles. The van der Waals surface area contributed by atoms with Crippen molar-refractivity contribution in [3.63, 3.8) is 0 Å². The van der Waals surface area contributed by atoms with E-state index in [2.05, 4.69) is 22.9 Å². The van der Waals surface area contributed by atoms with Gasteiger partial charge in [0, 0.05) is 6.54 Å². The smallest absolute Gasteiger partial charge is 0.211 e. The Balaban J connectivity index is 1.22. The molecule has 30 heavy (non-hydrogen) atoms. The average Bonchev–Trinajstić information content (AvgIpc) is 3.10. The number of hydrogen-bond donors (Lipinski definition) is 1. The summed E-state index contributed by atoms with van der Waals surface area (Å²) in [5.74, 6) is 1.04. The lowest BCUT2D eigenvalue weighted by Gasteiger charge is -2.34. The molecule has 0 aromatic heterocycles. The minimum absolute atomic E-state index is 0.116. The summed E-state index contributed by atoms with van der Waals surface area (Å²) in [6, 6.07) is 16.3. The maximum Gasteiger partial charge on any atom is 0.211 e. The Labute approximate surface area is 181 Å². The highest BCUT2D eigenvalue weighted by atomic mass is 32.2. The molecule has 2 aromatic carbocycles. The van der Waals surface area contributed by atoms with Gasteiger partial charge in [-0.05, 0) is 72.8 Å². The zero-order valence-corrected chi connectivity index (χ0v) is 18.6. The first-order valence-corrected chi connectivity index (χ1v) is 13.0. The van der Waals surface area contributed by atoms with E-state index in [9.17, 15) is 8.42 Å². The number of ether oxygens (including phenoxy) is 1. The van der Waals surface area contributed by atoms with Crippen LogP contribution in [0.1, 0.15) is 61.6 Å². The first-order valence-electron chi connectivity index (χ1n) is 11.3. The lowest BCUT2D eigenvalue weighted by Crippen LogP contribution is -2.29. The van der Waals surface area contributed by atoms with E-state index in [1.165, 1.54) is 56.1 Å². The van der Waals surface area contributed by atoms with Crippen LogP contribution in [0.2, 0.25) is 0 Å². The van der Waals surface area contributed by atoms with E-state index in [0.717, 1.165) is 11.3 Å². The van der Waals surface area contributed by atoms with Crippen molar-refractivity contribution < 1.29 is 13.2 Å². The first-order chi connectivity index (χ1) is 14.6. The molecule has 4 rings (SSSR count). The summed E-state index contributed by atoms with van der Waals surface area (Å²) in [4.78, 5) is 0. The van der Waals surface area contributed by atoms with Gasteiger partial charge in [-0.25, -0.2) is 13.1 Å². The topological polar surface area (TPSA) is 55.4 Å². The number of hydrogen-bond acceptors (Lipinski definition) is 3. The molecule has 162 valence electrons. The summed E-state index contributed by atoms with van der Waals surface area (Å²) in [7, 11) is -3.26. The fourth-order valence-corrected chi connectivity index (χ4v) is 6.18. The van der Waals surface area contributed by atoms with Crippen molar-refractivity contribution in [2.24, 2.45) is 0 Å². The maximum atomic E-state index is 12.2. The Bertz CT molecular complexity index is 929. The zero-order valence-electron chi connectivity index (χ0n) is 17.7. The zero-order chi connectivity index (χ0) is 20.9. The van der Waals surface area contributed by atoms with Gasteiger partial charge in [0.25, 0.3) is 0 Å². The lowest BCUT2D eigenvalue weighted by molar-refractivity contribution is 0.287. The van der Waals surface area contributed by atoms with Crippen LogP contribution < -0.4 is 9.46 Å². The van der Waals surface area contributed by atoms with Crippen molar-refractivity contribution in [2.45, 2.75) is 63.2 Å². The second-order valence-corrected chi connectivity index (χ2v) is 10.7. The second-order valence-electron chi connectivity index (χ2n) is 8.81. The summed E-state index contributed by atoms with van der Waals surface area (Å²) in [5.41, 5.74) is 4.44. The predicted octanol–water partition coefficient (Wildman–Crippen LogP) is 4.77. The van der Waals surface area contributed by atoms with Crippen molar-refractivity contribution in [1.82, 2.24) is 4.72 Å². The van der Waals surface area contributed by atoms with E-state index < -0.39 is 10.0 Å². The number of aryl methyl sites for hydroxylation is 2. The molecule has 1 spiro atoms. The van der Waals surface area contributed by atoms with Gasteiger partial charge in [0.1, 0.15) is 5.75 Å². The van der Waals surface area contributed by atoms with Crippen LogP contribution in [0.15, 0.2) is 48.5 Å². The van der Waals surface area contributed by atoms with Gasteiger partial charge >= 0.3 is 0 Å². The van der Waals surface area contributed by atoms with Crippen molar-refractivity contribution in [1.29, 1.82) is 0 Å². The molecule has 4 nitrogen and oxygen atoms in total. The summed E-state index contributed by atoms with van der Waals surface area (Å²) in [6.07, 6.45) is 10.4. The third-order valence-corrected chi connectivity index (χ3v) is 8.14. The largest absolute Gasteiger partial charge is 0.494 e. The molecule has 0 atom stereocenters. The molecule has 0 radical (unpaired) electrons. The Morgan fingerprint density at radius 1 is 0.967 bits per heavy atom. The van der Waals surface area contributed by atoms with Crippen molar-refractivity contribution in [3.05, 3.63) is 65.2 Å². The molecule has 0 aliphatic heterocycles.